The van der Waals surface area contributed by atoms with Crippen LogP contribution in [0.3, 0.4) is 0 Å². The van der Waals surface area contributed by atoms with E-state index in [1.54, 1.807) is 0 Å². The van der Waals surface area contributed by atoms with Gasteiger partial charge in [0.15, 0.2) is 0 Å². The molecule has 4 heteroatoms. The maximum Gasteiger partial charge on any atom is 0.249 e. The molecule has 0 aliphatic carbocycles. The molecule has 0 spiro atoms. The summed E-state index contributed by atoms with van der Waals surface area (Å²) in [5.74, 6) is 1.85. The van der Waals surface area contributed by atoms with Crippen LogP contribution in [-0.2, 0) is 13.1 Å². The smallest absolute Gasteiger partial charge is 0.232 e. The van der Waals surface area contributed by atoms with Crippen molar-refractivity contribution >= 4 is 10.8 Å². The molecule has 0 amide bonds. The Hall–Kier alpha value is -4.44. The Morgan fingerprint density at radius 3 is 1.20 bits per heavy atom. The van der Waals surface area contributed by atoms with Crippen LogP contribution in [-0.4, -0.2) is 9.13 Å². The van der Waals surface area contributed by atoms with Crippen LogP contribution >= 0.6 is 0 Å². The minimum atomic E-state index is 0.462. The molecule has 0 aliphatic rings. The van der Waals surface area contributed by atoms with E-state index >= 15 is 0 Å². The molecular formula is C42H50N4+2. The third-order valence-electron chi connectivity index (χ3n) is 9.28. The van der Waals surface area contributed by atoms with E-state index in [9.17, 15) is 0 Å². The molecule has 0 radical (unpaired) electrons. The summed E-state index contributed by atoms with van der Waals surface area (Å²) >= 11 is 0. The largest absolute Gasteiger partial charge is 0.249 e. The van der Waals surface area contributed by atoms with Gasteiger partial charge in [0.2, 0.25) is 12.7 Å². The third-order valence-corrected chi connectivity index (χ3v) is 9.28. The van der Waals surface area contributed by atoms with Crippen LogP contribution in [0.1, 0.15) is 112 Å². The van der Waals surface area contributed by atoms with Gasteiger partial charge in [-0.15, -0.1) is 0 Å². The average molecular weight is 611 g/mol. The number of benzene rings is 4. The SMILES string of the molecule is CC(C)c1cccc(C(C)C)c1-n1cc[n+](Cc2ccc3ccc(C[n+]4ccn(-c5c(C(C)C)cccc5C(C)C)c4)cc3c2)c1. The summed E-state index contributed by atoms with van der Waals surface area (Å²) in [6, 6.07) is 27.3. The molecule has 0 unspecified atom stereocenters. The topological polar surface area (TPSA) is 17.6 Å². The lowest BCUT2D eigenvalue weighted by atomic mass is 9.92. The molecule has 0 fully saturated rings. The number of hydrogen-bond acceptors (Lipinski definition) is 0. The fraction of sp³-hybridized carbons (Fsp3) is 0.333. The van der Waals surface area contributed by atoms with Gasteiger partial charge in [0.25, 0.3) is 0 Å². The highest BCUT2D eigenvalue weighted by Crippen LogP contribution is 2.32. The van der Waals surface area contributed by atoms with Gasteiger partial charge in [-0.1, -0.05) is 116 Å². The highest BCUT2D eigenvalue weighted by atomic mass is 15.1. The van der Waals surface area contributed by atoms with E-state index in [0.717, 1.165) is 13.1 Å². The van der Waals surface area contributed by atoms with E-state index < -0.39 is 0 Å². The van der Waals surface area contributed by atoms with E-state index in [1.807, 2.05) is 0 Å². The molecule has 6 aromatic rings. The quantitative estimate of drug-likeness (QED) is 0.138. The van der Waals surface area contributed by atoms with Gasteiger partial charge >= 0.3 is 0 Å². The van der Waals surface area contributed by atoms with Crippen LogP contribution in [0.2, 0.25) is 0 Å². The predicted molar refractivity (Wildman–Crippen MR) is 190 cm³/mol. The first-order valence-electron chi connectivity index (χ1n) is 17.0. The van der Waals surface area contributed by atoms with Crippen molar-refractivity contribution in [1.82, 2.24) is 9.13 Å². The monoisotopic (exact) mass is 610 g/mol. The molecule has 0 saturated heterocycles. The number of aromatic nitrogens is 4. The Labute approximate surface area is 275 Å². The highest BCUT2D eigenvalue weighted by Gasteiger charge is 2.21. The molecule has 6 rings (SSSR count). The van der Waals surface area contributed by atoms with Crippen molar-refractivity contribution in [2.45, 2.75) is 92.2 Å². The van der Waals surface area contributed by atoms with Gasteiger partial charge in [0.1, 0.15) is 49.3 Å². The second kappa shape index (κ2) is 13.1. The lowest BCUT2D eigenvalue weighted by molar-refractivity contribution is -0.687. The van der Waals surface area contributed by atoms with Crippen LogP contribution in [0.4, 0.5) is 0 Å². The van der Waals surface area contributed by atoms with Crippen LogP contribution in [0.5, 0.6) is 0 Å². The van der Waals surface area contributed by atoms with E-state index in [-0.39, 0.29) is 0 Å². The number of para-hydroxylation sites is 2. The zero-order valence-corrected chi connectivity index (χ0v) is 28.9. The van der Waals surface area contributed by atoms with Gasteiger partial charge in [0.05, 0.1) is 0 Å². The molecular weight excluding hydrogens is 560 g/mol. The number of fused-ring (bicyclic) bond motifs is 1. The lowest BCUT2D eigenvalue weighted by Gasteiger charge is -2.16. The van der Waals surface area contributed by atoms with Crippen molar-refractivity contribution in [3.63, 3.8) is 0 Å². The van der Waals surface area contributed by atoms with Gasteiger partial charge in [-0.25, -0.2) is 18.3 Å². The molecule has 0 atom stereocenters. The maximum atomic E-state index is 2.36. The molecule has 0 N–H and O–H groups in total. The number of hydrogen-bond donors (Lipinski definition) is 0. The Morgan fingerprint density at radius 1 is 0.478 bits per heavy atom. The normalized spacial score (nSPS) is 12.0. The molecule has 46 heavy (non-hydrogen) atoms. The highest BCUT2D eigenvalue weighted by molar-refractivity contribution is 5.83. The van der Waals surface area contributed by atoms with E-state index in [0.29, 0.717) is 23.7 Å². The van der Waals surface area contributed by atoms with Gasteiger partial charge in [-0.3, -0.25) is 0 Å². The summed E-state index contributed by atoms with van der Waals surface area (Å²) in [5, 5.41) is 2.56. The molecule has 236 valence electrons. The average Bonchev–Trinajstić information content (AvgIpc) is 3.69. The molecule has 0 aliphatic heterocycles. The minimum absolute atomic E-state index is 0.462. The van der Waals surface area contributed by atoms with Crippen LogP contribution in [0.15, 0.2) is 110 Å². The van der Waals surface area contributed by atoms with Gasteiger partial charge < -0.3 is 0 Å². The van der Waals surface area contributed by atoms with E-state index in [4.69, 9.17) is 0 Å². The van der Waals surface area contributed by atoms with Crippen molar-refractivity contribution in [3.8, 4) is 11.4 Å². The number of rotatable bonds is 10. The van der Waals surface area contributed by atoms with Gasteiger partial charge in [-0.2, -0.15) is 0 Å². The van der Waals surface area contributed by atoms with E-state index in [2.05, 4.69) is 184 Å². The first kappa shape index (κ1) is 31.5. The summed E-state index contributed by atoms with van der Waals surface area (Å²) in [7, 11) is 0. The van der Waals surface area contributed by atoms with E-state index in [1.165, 1.54) is 55.5 Å². The lowest BCUT2D eigenvalue weighted by Crippen LogP contribution is -2.31. The second-order valence-corrected chi connectivity index (χ2v) is 14.2. The first-order valence-corrected chi connectivity index (χ1v) is 17.0. The first-order chi connectivity index (χ1) is 22.1. The van der Waals surface area contributed by atoms with Crippen molar-refractivity contribution in [3.05, 3.63) is 144 Å². The van der Waals surface area contributed by atoms with Crippen LogP contribution in [0, 0.1) is 0 Å². The predicted octanol–water partition coefficient (Wildman–Crippen LogP) is 9.59. The molecule has 2 aromatic heterocycles. The zero-order chi connectivity index (χ0) is 32.5. The Kier molecular flexibility index (Phi) is 8.99. The molecule has 0 saturated carbocycles. The van der Waals surface area contributed by atoms with Gasteiger partial charge in [0, 0.05) is 22.3 Å². The van der Waals surface area contributed by atoms with Crippen molar-refractivity contribution in [2.24, 2.45) is 0 Å². The molecule has 4 nitrogen and oxygen atoms in total. The zero-order valence-electron chi connectivity index (χ0n) is 28.9. The van der Waals surface area contributed by atoms with Crippen molar-refractivity contribution in [1.29, 1.82) is 0 Å². The third kappa shape index (κ3) is 6.44. The summed E-state index contributed by atoms with van der Waals surface area (Å²) in [4.78, 5) is 0. The minimum Gasteiger partial charge on any atom is -0.232 e. The second-order valence-electron chi connectivity index (χ2n) is 14.2. The maximum absolute atomic E-state index is 2.36. The Morgan fingerprint density at radius 2 is 0.848 bits per heavy atom. The molecule has 2 heterocycles. The summed E-state index contributed by atoms with van der Waals surface area (Å²) < 4.78 is 9.23. The summed E-state index contributed by atoms with van der Waals surface area (Å²) in [5.41, 5.74) is 10.8. The van der Waals surface area contributed by atoms with Crippen LogP contribution in [0.25, 0.3) is 22.1 Å². The van der Waals surface area contributed by atoms with Crippen molar-refractivity contribution in [2.75, 3.05) is 0 Å². The summed E-state index contributed by atoms with van der Waals surface area (Å²) in [6.07, 6.45) is 13.3. The Bertz CT molecular complexity index is 1780. The number of imidazole rings is 2. The van der Waals surface area contributed by atoms with Gasteiger partial charge in [-0.05, 0) is 57.7 Å². The molecule has 0 bridgehead atoms. The fourth-order valence-electron chi connectivity index (χ4n) is 6.82. The molecule has 4 aromatic carbocycles. The summed E-state index contributed by atoms with van der Waals surface area (Å²) in [6.45, 7) is 19.9. The van der Waals surface area contributed by atoms with Crippen LogP contribution < -0.4 is 9.13 Å². The van der Waals surface area contributed by atoms with Crippen molar-refractivity contribution < 1.29 is 9.13 Å². The number of nitrogens with zero attached hydrogens (tertiary/aromatic N) is 4. The Balaban J connectivity index is 1.24. The standard InChI is InChI=1S/C42H50N4/c1-29(2)37-11-9-12-38(30(3)4)41(37)45-21-19-43(27-45)25-33-15-17-35-18-16-34(24-36(35)23-33)26-44-20-22-46(28-44)42-39(31(5)6)13-10-14-40(42)32(7)8/h9-24,27-32H,25-26H2,1-8H3/q+2. The fourth-order valence-corrected chi connectivity index (χ4v) is 6.82.